The summed E-state index contributed by atoms with van der Waals surface area (Å²) in [5, 5.41) is 4.12. The van der Waals surface area contributed by atoms with E-state index < -0.39 is 23.6 Å². The standard InChI is InChI=1S/C23H24F3N5O3/c1-13(2)20-18(12-28-31(20)19-10-7-16(11-27-19)23(24,25)26)22(33)30-29-21(32)15-5-8-17(9-6-15)34-14(3)4/h5-14H,1-4H3,(H,29,32)(H,30,33). The van der Waals surface area contributed by atoms with Crippen LogP contribution in [0.1, 0.15) is 65.6 Å². The first kappa shape index (κ1) is 24.7. The SMILES string of the molecule is CC(C)Oc1ccc(C(=O)NNC(=O)c2cnn(-c3ccc(C(F)(F)F)cn3)c2C(C)C)cc1. The summed E-state index contributed by atoms with van der Waals surface area (Å²) in [6.45, 7) is 7.37. The average Bonchev–Trinajstić information content (AvgIpc) is 3.22. The molecule has 0 spiro atoms. The van der Waals surface area contributed by atoms with Crippen molar-refractivity contribution in [2.75, 3.05) is 0 Å². The van der Waals surface area contributed by atoms with Crippen molar-refractivity contribution < 1.29 is 27.5 Å². The van der Waals surface area contributed by atoms with Crippen LogP contribution in [0.15, 0.2) is 48.8 Å². The number of halogens is 3. The molecule has 0 aliphatic carbocycles. The summed E-state index contributed by atoms with van der Waals surface area (Å²) in [4.78, 5) is 29.0. The minimum Gasteiger partial charge on any atom is -0.491 e. The first-order valence-electron chi connectivity index (χ1n) is 10.5. The number of pyridine rings is 1. The third-order valence-electron chi connectivity index (χ3n) is 4.67. The number of benzene rings is 1. The molecular weight excluding hydrogens is 451 g/mol. The van der Waals surface area contributed by atoms with Crippen molar-refractivity contribution in [1.82, 2.24) is 25.6 Å². The highest BCUT2D eigenvalue weighted by molar-refractivity contribution is 5.99. The Bertz CT molecular complexity index is 1150. The van der Waals surface area contributed by atoms with E-state index in [1.807, 2.05) is 13.8 Å². The molecule has 0 unspecified atom stereocenters. The van der Waals surface area contributed by atoms with Gasteiger partial charge in [-0.05, 0) is 56.2 Å². The molecule has 2 N–H and O–H groups in total. The normalized spacial score (nSPS) is 11.6. The fourth-order valence-electron chi connectivity index (χ4n) is 3.16. The smallest absolute Gasteiger partial charge is 0.417 e. The molecule has 0 saturated carbocycles. The number of nitrogens with one attached hydrogen (secondary N) is 2. The van der Waals surface area contributed by atoms with Gasteiger partial charge in [-0.15, -0.1) is 0 Å². The van der Waals surface area contributed by atoms with E-state index in [0.717, 1.165) is 6.07 Å². The minimum absolute atomic E-state index is 0.00666. The molecule has 2 aromatic heterocycles. The second-order valence-corrected chi connectivity index (χ2v) is 8.01. The van der Waals surface area contributed by atoms with Gasteiger partial charge in [0.1, 0.15) is 5.75 Å². The molecule has 8 nitrogen and oxygen atoms in total. The number of hydrazine groups is 1. The van der Waals surface area contributed by atoms with Gasteiger partial charge in [0.15, 0.2) is 5.82 Å². The summed E-state index contributed by atoms with van der Waals surface area (Å²) >= 11 is 0. The molecule has 1 aromatic carbocycles. The number of ether oxygens (including phenoxy) is 1. The Hall–Kier alpha value is -3.89. The number of hydrogen-bond donors (Lipinski definition) is 2. The van der Waals surface area contributed by atoms with E-state index in [4.69, 9.17) is 4.74 Å². The van der Waals surface area contributed by atoms with Crippen LogP contribution in [0.5, 0.6) is 5.75 Å². The molecule has 180 valence electrons. The number of nitrogens with zero attached hydrogens (tertiary/aromatic N) is 3. The van der Waals surface area contributed by atoms with Crippen LogP contribution >= 0.6 is 0 Å². The van der Waals surface area contributed by atoms with Gasteiger partial charge in [-0.3, -0.25) is 20.4 Å². The zero-order valence-corrected chi connectivity index (χ0v) is 19.0. The molecule has 3 aromatic rings. The van der Waals surface area contributed by atoms with Crippen LogP contribution in [0, 0.1) is 0 Å². The first-order valence-corrected chi connectivity index (χ1v) is 10.5. The van der Waals surface area contributed by atoms with Crippen LogP contribution in [0.4, 0.5) is 13.2 Å². The predicted molar refractivity (Wildman–Crippen MR) is 118 cm³/mol. The monoisotopic (exact) mass is 475 g/mol. The van der Waals surface area contributed by atoms with Crippen molar-refractivity contribution in [3.63, 3.8) is 0 Å². The van der Waals surface area contributed by atoms with E-state index in [-0.39, 0.29) is 23.4 Å². The number of carbonyl (C=O) groups excluding carboxylic acids is 2. The predicted octanol–water partition coefficient (Wildman–Crippen LogP) is 4.27. The van der Waals surface area contributed by atoms with Gasteiger partial charge in [0, 0.05) is 11.8 Å². The maximum absolute atomic E-state index is 12.8. The molecule has 2 heterocycles. The Labute approximate surface area is 194 Å². The largest absolute Gasteiger partial charge is 0.491 e. The van der Waals surface area contributed by atoms with Gasteiger partial charge in [-0.2, -0.15) is 18.3 Å². The van der Waals surface area contributed by atoms with Gasteiger partial charge in [-0.1, -0.05) is 13.8 Å². The summed E-state index contributed by atoms with van der Waals surface area (Å²) in [7, 11) is 0. The molecule has 0 aliphatic rings. The first-order chi connectivity index (χ1) is 16.0. The highest BCUT2D eigenvalue weighted by atomic mass is 19.4. The summed E-state index contributed by atoms with van der Waals surface area (Å²) in [5.74, 6) is -0.649. The van der Waals surface area contributed by atoms with Crippen LogP contribution in [0.25, 0.3) is 5.82 Å². The molecule has 0 aliphatic heterocycles. The molecule has 2 amide bonds. The second-order valence-electron chi connectivity index (χ2n) is 8.01. The van der Waals surface area contributed by atoms with Crippen molar-refractivity contribution in [2.24, 2.45) is 0 Å². The van der Waals surface area contributed by atoms with Crippen molar-refractivity contribution in [3.8, 4) is 11.6 Å². The molecule has 0 saturated heterocycles. The quantitative estimate of drug-likeness (QED) is 0.519. The van der Waals surface area contributed by atoms with Crippen molar-refractivity contribution in [2.45, 2.75) is 45.9 Å². The fourth-order valence-corrected chi connectivity index (χ4v) is 3.16. The third kappa shape index (κ3) is 5.72. The topological polar surface area (TPSA) is 98.1 Å². The second kappa shape index (κ2) is 9.94. The zero-order chi connectivity index (χ0) is 25.0. The summed E-state index contributed by atoms with van der Waals surface area (Å²) in [6, 6.07) is 8.49. The van der Waals surface area contributed by atoms with E-state index >= 15 is 0 Å². The van der Waals surface area contributed by atoms with Crippen LogP contribution in [0.2, 0.25) is 0 Å². The van der Waals surface area contributed by atoms with E-state index in [1.54, 1.807) is 38.1 Å². The Morgan fingerprint density at radius 3 is 2.12 bits per heavy atom. The van der Waals surface area contributed by atoms with E-state index in [1.165, 1.54) is 16.9 Å². The number of carbonyl (C=O) groups is 2. The lowest BCUT2D eigenvalue weighted by Gasteiger charge is -2.13. The number of rotatable bonds is 6. The van der Waals surface area contributed by atoms with Crippen molar-refractivity contribution in [1.29, 1.82) is 0 Å². The summed E-state index contributed by atoms with van der Waals surface area (Å²) in [6.07, 6.45) is -2.54. The number of alkyl halides is 3. The third-order valence-corrected chi connectivity index (χ3v) is 4.67. The Balaban J connectivity index is 1.74. The lowest BCUT2D eigenvalue weighted by atomic mass is 10.1. The maximum Gasteiger partial charge on any atom is 0.417 e. The van der Waals surface area contributed by atoms with Crippen LogP contribution in [-0.4, -0.2) is 32.7 Å². The molecule has 0 atom stereocenters. The van der Waals surface area contributed by atoms with Gasteiger partial charge in [-0.25, -0.2) is 9.67 Å². The van der Waals surface area contributed by atoms with Gasteiger partial charge >= 0.3 is 6.18 Å². The number of aromatic nitrogens is 3. The van der Waals surface area contributed by atoms with Gasteiger partial charge in [0.05, 0.1) is 29.1 Å². The summed E-state index contributed by atoms with van der Waals surface area (Å²) < 4.78 is 45.3. The lowest BCUT2D eigenvalue weighted by molar-refractivity contribution is -0.137. The van der Waals surface area contributed by atoms with Gasteiger partial charge in [0.25, 0.3) is 11.8 Å². The molecular formula is C23H24F3N5O3. The van der Waals surface area contributed by atoms with E-state index in [2.05, 4.69) is 20.9 Å². The zero-order valence-electron chi connectivity index (χ0n) is 19.0. The highest BCUT2D eigenvalue weighted by Crippen LogP contribution is 2.29. The lowest BCUT2D eigenvalue weighted by Crippen LogP contribution is -2.41. The van der Waals surface area contributed by atoms with Crippen molar-refractivity contribution >= 4 is 11.8 Å². The molecule has 3 rings (SSSR count). The number of hydrogen-bond acceptors (Lipinski definition) is 5. The fraction of sp³-hybridized carbons (Fsp3) is 0.304. The molecule has 0 fully saturated rings. The highest BCUT2D eigenvalue weighted by Gasteiger charge is 2.31. The van der Waals surface area contributed by atoms with Gasteiger partial charge < -0.3 is 4.74 Å². The maximum atomic E-state index is 12.8. The van der Waals surface area contributed by atoms with Crippen LogP contribution in [-0.2, 0) is 6.18 Å². The average molecular weight is 475 g/mol. The Morgan fingerprint density at radius 2 is 1.59 bits per heavy atom. The van der Waals surface area contributed by atoms with Crippen molar-refractivity contribution in [3.05, 3.63) is 71.2 Å². The minimum atomic E-state index is -4.51. The molecule has 11 heteroatoms. The Morgan fingerprint density at radius 1 is 0.941 bits per heavy atom. The van der Waals surface area contributed by atoms with Gasteiger partial charge in [0.2, 0.25) is 0 Å². The van der Waals surface area contributed by atoms with E-state index in [9.17, 15) is 22.8 Å². The number of amides is 2. The molecule has 0 radical (unpaired) electrons. The Kier molecular flexibility index (Phi) is 7.23. The van der Waals surface area contributed by atoms with Crippen LogP contribution < -0.4 is 15.6 Å². The molecule has 0 bridgehead atoms. The summed E-state index contributed by atoms with van der Waals surface area (Å²) in [5.41, 5.74) is 4.68. The molecule has 34 heavy (non-hydrogen) atoms. The van der Waals surface area contributed by atoms with E-state index in [0.29, 0.717) is 23.2 Å². The van der Waals surface area contributed by atoms with Crippen LogP contribution in [0.3, 0.4) is 0 Å².